The van der Waals surface area contributed by atoms with E-state index >= 15 is 0 Å². The fraction of sp³-hybridized carbons (Fsp3) is 0.100. The first-order valence-electron chi connectivity index (χ1n) is 8.57. The largest absolute Gasteiger partial charge is 0.486 e. The zero-order valence-corrected chi connectivity index (χ0v) is 17.2. The van der Waals surface area contributed by atoms with Gasteiger partial charge in [0.15, 0.2) is 22.4 Å². The van der Waals surface area contributed by atoms with Gasteiger partial charge in [-0.05, 0) is 54.7 Å². The number of furan rings is 1. The van der Waals surface area contributed by atoms with Crippen molar-refractivity contribution in [1.82, 2.24) is 5.32 Å². The Morgan fingerprint density at radius 2 is 1.76 bits per heavy atom. The third-order valence-electron chi connectivity index (χ3n) is 4.05. The van der Waals surface area contributed by atoms with E-state index in [9.17, 15) is 4.79 Å². The van der Waals surface area contributed by atoms with Crippen molar-refractivity contribution in [3.8, 4) is 22.8 Å². The van der Waals surface area contributed by atoms with E-state index in [1.165, 1.54) is 0 Å². The van der Waals surface area contributed by atoms with Gasteiger partial charge in [0.1, 0.15) is 19.0 Å². The predicted octanol–water partition coefficient (Wildman–Crippen LogP) is 5.15. The molecular formula is C20H14Cl2N2O4S. The number of hydrogen-bond donors (Lipinski definition) is 2. The molecule has 0 bridgehead atoms. The summed E-state index contributed by atoms with van der Waals surface area (Å²) in [6.07, 6.45) is 0. The summed E-state index contributed by atoms with van der Waals surface area (Å²) in [6, 6.07) is 13.5. The van der Waals surface area contributed by atoms with Crippen molar-refractivity contribution in [3.63, 3.8) is 0 Å². The highest BCUT2D eigenvalue weighted by Crippen LogP contribution is 2.33. The maximum Gasteiger partial charge on any atom is 0.293 e. The van der Waals surface area contributed by atoms with Crippen LogP contribution < -0.4 is 20.1 Å². The monoisotopic (exact) mass is 448 g/mol. The van der Waals surface area contributed by atoms with Gasteiger partial charge < -0.3 is 19.2 Å². The molecule has 0 fully saturated rings. The molecule has 1 aromatic heterocycles. The van der Waals surface area contributed by atoms with Crippen molar-refractivity contribution >= 4 is 52.1 Å². The first-order valence-corrected chi connectivity index (χ1v) is 9.73. The van der Waals surface area contributed by atoms with E-state index in [2.05, 4.69) is 10.6 Å². The number of carbonyl (C=O) groups excluding carboxylic acids is 1. The number of fused-ring (bicyclic) bond motifs is 1. The predicted molar refractivity (Wildman–Crippen MR) is 115 cm³/mol. The molecule has 3 aromatic rings. The Bertz CT molecular complexity index is 1100. The van der Waals surface area contributed by atoms with Gasteiger partial charge in [-0.2, -0.15) is 0 Å². The molecule has 6 nitrogen and oxygen atoms in total. The van der Waals surface area contributed by atoms with Crippen molar-refractivity contribution in [1.29, 1.82) is 0 Å². The number of nitrogens with one attached hydrogen (secondary N) is 2. The molecule has 4 rings (SSSR count). The number of amides is 1. The first kappa shape index (κ1) is 19.6. The minimum Gasteiger partial charge on any atom is -0.486 e. The third-order valence-corrected chi connectivity index (χ3v) is 4.81. The van der Waals surface area contributed by atoms with Gasteiger partial charge in [0.25, 0.3) is 5.91 Å². The smallest absolute Gasteiger partial charge is 0.293 e. The summed E-state index contributed by atoms with van der Waals surface area (Å²) in [5, 5.41) is 6.57. The number of rotatable bonds is 3. The lowest BCUT2D eigenvalue weighted by molar-refractivity contribution is 0.0951. The van der Waals surface area contributed by atoms with Crippen LogP contribution in [0, 0.1) is 0 Å². The van der Waals surface area contributed by atoms with Crippen LogP contribution in [0.1, 0.15) is 10.6 Å². The molecular weight excluding hydrogens is 435 g/mol. The second kappa shape index (κ2) is 8.32. The summed E-state index contributed by atoms with van der Waals surface area (Å²) in [7, 11) is 0. The van der Waals surface area contributed by atoms with Gasteiger partial charge in [-0.1, -0.05) is 23.2 Å². The van der Waals surface area contributed by atoms with E-state index in [0.717, 1.165) is 0 Å². The van der Waals surface area contributed by atoms with Gasteiger partial charge in [0, 0.05) is 22.3 Å². The first-order chi connectivity index (χ1) is 14.0. The van der Waals surface area contributed by atoms with Crippen LogP contribution >= 0.6 is 35.4 Å². The molecule has 148 valence electrons. The van der Waals surface area contributed by atoms with E-state index in [-0.39, 0.29) is 10.9 Å². The zero-order chi connectivity index (χ0) is 20.4. The van der Waals surface area contributed by atoms with E-state index in [1.54, 1.807) is 48.5 Å². The van der Waals surface area contributed by atoms with Crippen molar-refractivity contribution in [2.75, 3.05) is 18.5 Å². The maximum absolute atomic E-state index is 12.4. The molecule has 0 aliphatic carbocycles. The lowest BCUT2D eigenvalue weighted by Crippen LogP contribution is -2.33. The van der Waals surface area contributed by atoms with Crippen molar-refractivity contribution < 1.29 is 18.7 Å². The van der Waals surface area contributed by atoms with E-state index in [1.807, 2.05) is 0 Å². The number of benzene rings is 2. The van der Waals surface area contributed by atoms with E-state index in [0.29, 0.717) is 51.8 Å². The lowest BCUT2D eigenvalue weighted by Gasteiger charge is -2.19. The molecule has 1 aliphatic rings. The number of hydrogen-bond acceptors (Lipinski definition) is 5. The van der Waals surface area contributed by atoms with Crippen LogP contribution in [0.2, 0.25) is 10.0 Å². The van der Waals surface area contributed by atoms with Crippen LogP contribution in [-0.2, 0) is 0 Å². The molecule has 1 aliphatic heterocycles. The Morgan fingerprint density at radius 1 is 0.966 bits per heavy atom. The van der Waals surface area contributed by atoms with Gasteiger partial charge in [-0.15, -0.1) is 0 Å². The molecule has 2 heterocycles. The summed E-state index contributed by atoms with van der Waals surface area (Å²) in [5.74, 6) is 1.34. The molecule has 0 saturated heterocycles. The second-order valence-corrected chi connectivity index (χ2v) is 7.31. The Hall–Kier alpha value is -2.74. The summed E-state index contributed by atoms with van der Waals surface area (Å²) in [5.41, 5.74) is 1.29. The highest BCUT2D eigenvalue weighted by Gasteiger charge is 2.16. The van der Waals surface area contributed by atoms with Gasteiger partial charge in [-0.25, -0.2) is 0 Å². The Kier molecular flexibility index (Phi) is 5.62. The molecule has 2 aromatic carbocycles. The van der Waals surface area contributed by atoms with Crippen molar-refractivity contribution in [2.24, 2.45) is 0 Å². The number of anilines is 1. The molecule has 1 amide bonds. The number of halogens is 2. The van der Waals surface area contributed by atoms with Crippen LogP contribution in [0.15, 0.2) is 52.9 Å². The summed E-state index contributed by atoms with van der Waals surface area (Å²) >= 11 is 17.3. The SMILES string of the molecule is O=C(NC(=S)Nc1ccc2c(c1)OCCO2)c1ccc(-c2ccc(Cl)cc2Cl)o1. The molecule has 29 heavy (non-hydrogen) atoms. The standard InChI is InChI=1S/C20H14Cl2N2O4S/c21-11-1-3-13(14(22)9-11)15-5-6-17(28-15)19(25)24-20(29)23-12-2-4-16-18(10-12)27-8-7-26-16/h1-6,9-10H,7-8H2,(H2,23,24,25,29). The minimum atomic E-state index is -0.489. The Morgan fingerprint density at radius 3 is 2.55 bits per heavy atom. The molecule has 0 saturated carbocycles. The molecule has 0 unspecified atom stereocenters. The zero-order valence-electron chi connectivity index (χ0n) is 14.8. The van der Waals surface area contributed by atoms with Crippen LogP contribution in [0.3, 0.4) is 0 Å². The molecule has 0 radical (unpaired) electrons. The second-order valence-electron chi connectivity index (χ2n) is 6.05. The highest BCUT2D eigenvalue weighted by molar-refractivity contribution is 7.80. The van der Waals surface area contributed by atoms with Crippen molar-refractivity contribution in [3.05, 3.63) is 64.3 Å². The Labute approximate surface area is 181 Å². The quantitative estimate of drug-likeness (QED) is 0.539. The minimum absolute atomic E-state index is 0.0948. The number of carbonyl (C=O) groups is 1. The third kappa shape index (κ3) is 4.48. The van der Waals surface area contributed by atoms with E-state index < -0.39 is 5.91 Å². The molecule has 0 spiro atoms. The van der Waals surface area contributed by atoms with Gasteiger partial charge in [0.05, 0.1) is 5.02 Å². The Balaban J connectivity index is 1.42. The number of ether oxygens (including phenoxy) is 2. The highest BCUT2D eigenvalue weighted by atomic mass is 35.5. The van der Waals surface area contributed by atoms with Crippen molar-refractivity contribution in [2.45, 2.75) is 0 Å². The van der Waals surface area contributed by atoms with Crippen LogP contribution in [0.5, 0.6) is 11.5 Å². The summed E-state index contributed by atoms with van der Waals surface area (Å²) in [4.78, 5) is 12.4. The van der Waals surface area contributed by atoms with Crippen LogP contribution in [-0.4, -0.2) is 24.2 Å². The van der Waals surface area contributed by atoms with E-state index in [4.69, 9.17) is 49.3 Å². The average Bonchev–Trinajstić information content (AvgIpc) is 3.18. The van der Waals surface area contributed by atoms with Gasteiger partial charge in [0.2, 0.25) is 0 Å². The number of thiocarbonyl (C=S) groups is 1. The summed E-state index contributed by atoms with van der Waals surface area (Å²) in [6.45, 7) is 0.997. The maximum atomic E-state index is 12.4. The summed E-state index contributed by atoms with van der Waals surface area (Å²) < 4.78 is 16.6. The molecule has 9 heteroatoms. The van der Waals surface area contributed by atoms with Crippen LogP contribution in [0.4, 0.5) is 5.69 Å². The fourth-order valence-corrected chi connectivity index (χ4v) is 3.45. The molecule has 0 atom stereocenters. The topological polar surface area (TPSA) is 72.7 Å². The van der Waals surface area contributed by atoms with Crippen LogP contribution in [0.25, 0.3) is 11.3 Å². The molecule has 2 N–H and O–H groups in total. The average molecular weight is 449 g/mol. The fourth-order valence-electron chi connectivity index (χ4n) is 2.74. The lowest BCUT2D eigenvalue weighted by atomic mass is 10.2. The van der Waals surface area contributed by atoms with Gasteiger partial charge >= 0.3 is 0 Å². The van der Waals surface area contributed by atoms with Gasteiger partial charge in [-0.3, -0.25) is 10.1 Å². The normalized spacial score (nSPS) is 12.3.